The molecule has 0 saturated carbocycles. The first-order valence-corrected chi connectivity index (χ1v) is 6.37. The van der Waals surface area contributed by atoms with E-state index >= 15 is 0 Å². The highest BCUT2D eigenvalue weighted by Gasteiger charge is 2.37. The Morgan fingerprint density at radius 2 is 2.26 bits per heavy atom. The first-order chi connectivity index (χ1) is 9.08. The van der Waals surface area contributed by atoms with Crippen LogP contribution in [-0.4, -0.2) is 43.1 Å². The summed E-state index contributed by atoms with van der Waals surface area (Å²) in [4.78, 5) is 8.39. The molecular weight excluding hydrogens is 246 g/mol. The highest BCUT2D eigenvalue weighted by atomic mass is 16.5. The SMILES string of the molecule is Cc1ncnc2c1ccn2[C@@H]1O[C@H]([C@@H](C)O)C[C@H]1O. The minimum absolute atomic E-state index is 0.347. The molecule has 1 fully saturated rings. The van der Waals surface area contributed by atoms with Gasteiger partial charge in [-0.05, 0) is 19.9 Å². The minimum atomic E-state index is -0.648. The van der Waals surface area contributed by atoms with Gasteiger partial charge in [-0.25, -0.2) is 9.97 Å². The number of hydrogen-bond acceptors (Lipinski definition) is 5. The third-order valence-electron chi connectivity index (χ3n) is 3.64. The van der Waals surface area contributed by atoms with Crippen molar-refractivity contribution in [1.82, 2.24) is 14.5 Å². The smallest absolute Gasteiger partial charge is 0.161 e. The minimum Gasteiger partial charge on any atom is -0.391 e. The summed E-state index contributed by atoms with van der Waals surface area (Å²) in [6, 6.07) is 1.91. The van der Waals surface area contributed by atoms with Crippen LogP contribution in [0.25, 0.3) is 11.0 Å². The van der Waals surface area contributed by atoms with Crippen molar-refractivity contribution < 1.29 is 14.9 Å². The van der Waals surface area contributed by atoms with E-state index in [4.69, 9.17) is 4.74 Å². The van der Waals surface area contributed by atoms with Crippen LogP contribution in [-0.2, 0) is 4.74 Å². The third-order valence-corrected chi connectivity index (χ3v) is 3.64. The standard InChI is InChI=1S/C13H17N3O3/c1-7-9-3-4-16(12(9)15-6-14-7)13-10(18)5-11(19-13)8(2)17/h3-4,6,8,10-11,13,17-18H,5H2,1-2H3/t8-,10-,11+,13-/m1/s1. The molecule has 0 aromatic carbocycles. The molecule has 0 amide bonds. The summed E-state index contributed by atoms with van der Waals surface area (Å²) in [6.45, 7) is 3.58. The zero-order valence-electron chi connectivity index (χ0n) is 10.9. The Morgan fingerprint density at radius 3 is 2.95 bits per heavy atom. The fraction of sp³-hybridized carbons (Fsp3) is 0.538. The van der Waals surface area contributed by atoms with Crippen LogP contribution in [0.4, 0.5) is 0 Å². The number of rotatable bonds is 2. The molecule has 0 aliphatic carbocycles. The average Bonchev–Trinajstić information content (AvgIpc) is 2.93. The van der Waals surface area contributed by atoms with Crippen LogP contribution in [0.1, 0.15) is 25.3 Å². The van der Waals surface area contributed by atoms with Crippen LogP contribution >= 0.6 is 0 Å². The second kappa shape index (κ2) is 4.56. The van der Waals surface area contributed by atoms with Gasteiger partial charge in [-0.3, -0.25) is 0 Å². The zero-order valence-corrected chi connectivity index (χ0v) is 10.9. The number of nitrogens with zero attached hydrogens (tertiary/aromatic N) is 3. The predicted octanol–water partition coefficient (Wildman–Crippen LogP) is 0.769. The van der Waals surface area contributed by atoms with Gasteiger partial charge < -0.3 is 19.5 Å². The van der Waals surface area contributed by atoms with Gasteiger partial charge in [-0.1, -0.05) is 0 Å². The molecule has 102 valence electrons. The lowest BCUT2D eigenvalue weighted by atomic mass is 10.1. The molecule has 0 unspecified atom stereocenters. The number of ether oxygens (including phenoxy) is 1. The van der Waals surface area contributed by atoms with Crippen LogP contribution in [0.2, 0.25) is 0 Å². The van der Waals surface area contributed by atoms with Crippen molar-refractivity contribution in [3.63, 3.8) is 0 Å². The molecule has 6 nitrogen and oxygen atoms in total. The molecular formula is C13H17N3O3. The molecule has 2 aromatic rings. The molecule has 1 aliphatic rings. The summed E-state index contributed by atoms with van der Waals surface area (Å²) in [5, 5.41) is 20.6. The average molecular weight is 263 g/mol. The maximum atomic E-state index is 10.1. The maximum Gasteiger partial charge on any atom is 0.161 e. The van der Waals surface area contributed by atoms with Crippen LogP contribution in [0, 0.1) is 6.92 Å². The number of fused-ring (bicyclic) bond motifs is 1. The zero-order chi connectivity index (χ0) is 13.6. The molecule has 0 spiro atoms. The quantitative estimate of drug-likeness (QED) is 0.836. The molecule has 19 heavy (non-hydrogen) atoms. The summed E-state index contributed by atoms with van der Waals surface area (Å²) in [5.74, 6) is 0. The van der Waals surface area contributed by atoms with E-state index in [0.717, 1.165) is 16.7 Å². The van der Waals surface area contributed by atoms with Gasteiger partial charge in [-0.15, -0.1) is 0 Å². The highest BCUT2D eigenvalue weighted by Crippen LogP contribution is 2.33. The lowest BCUT2D eigenvalue weighted by molar-refractivity contribution is -0.0692. The molecule has 3 heterocycles. The van der Waals surface area contributed by atoms with Gasteiger partial charge in [-0.2, -0.15) is 0 Å². The van der Waals surface area contributed by atoms with E-state index in [-0.39, 0.29) is 6.10 Å². The number of aryl methyl sites for hydroxylation is 1. The first-order valence-electron chi connectivity index (χ1n) is 6.37. The molecule has 6 heteroatoms. The van der Waals surface area contributed by atoms with Gasteiger partial charge in [0, 0.05) is 18.0 Å². The van der Waals surface area contributed by atoms with Gasteiger partial charge in [0.05, 0.1) is 17.9 Å². The van der Waals surface area contributed by atoms with E-state index in [1.54, 1.807) is 11.5 Å². The van der Waals surface area contributed by atoms with Crippen molar-refractivity contribution in [3.05, 3.63) is 24.3 Å². The molecule has 4 atom stereocenters. The summed E-state index contributed by atoms with van der Waals surface area (Å²) in [5.41, 5.74) is 1.63. The maximum absolute atomic E-state index is 10.1. The summed E-state index contributed by atoms with van der Waals surface area (Å²) in [6.07, 6.45) is 1.66. The van der Waals surface area contributed by atoms with E-state index in [9.17, 15) is 10.2 Å². The Morgan fingerprint density at radius 1 is 1.47 bits per heavy atom. The van der Waals surface area contributed by atoms with E-state index < -0.39 is 18.4 Å². The van der Waals surface area contributed by atoms with Gasteiger partial charge in [0.1, 0.15) is 18.1 Å². The number of aliphatic hydroxyl groups is 2. The fourth-order valence-electron chi connectivity index (χ4n) is 2.54. The van der Waals surface area contributed by atoms with E-state index in [1.165, 1.54) is 6.33 Å². The Bertz CT molecular complexity index is 596. The fourth-order valence-corrected chi connectivity index (χ4v) is 2.54. The van der Waals surface area contributed by atoms with Crippen LogP contribution in [0.5, 0.6) is 0 Å². The Kier molecular flexibility index (Phi) is 3.00. The van der Waals surface area contributed by atoms with Crippen LogP contribution in [0.15, 0.2) is 18.6 Å². The van der Waals surface area contributed by atoms with Crippen molar-refractivity contribution in [2.75, 3.05) is 0 Å². The third kappa shape index (κ3) is 2.01. The Labute approximate surface area is 110 Å². The largest absolute Gasteiger partial charge is 0.391 e. The molecule has 2 aromatic heterocycles. The van der Waals surface area contributed by atoms with Crippen LogP contribution < -0.4 is 0 Å². The van der Waals surface area contributed by atoms with E-state index in [1.807, 2.05) is 19.2 Å². The summed E-state index contributed by atoms with van der Waals surface area (Å²) >= 11 is 0. The first kappa shape index (κ1) is 12.5. The highest BCUT2D eigenvalue weighted by molar-refractivity contribution is 5.78. The Hall–Kier alpha value is -1.50. The predicted molar refractivity (Wildman–Crippen MR) is 68.5 cm³/mol. The van der Waals surface area contributed by atoms with Gasteiger partial charge in [0.25, 0.3) is 0 Å². The molecule has 0 bridgehead atoms. The van der Waals surface area contributed by atoms with Crippen molar-refractivity contribution >= 4 is 11.0 Å². The normalized spacial score (nSPS) is 28.9. The summed E-state index contributed by atoms with van der Waals surface area (Å²) < 4.78 is 7.53. The lowest BCUT2D eigenvalue weighted by Gasteiger charge is -2.18. The summed E-state index contributed by atoms with van der Waals surface area (Å²) in [7, 11) is 0. The monoisotopic (exact) mass is 263 g/mol. The van der Waals surface area contributed by atoms with Crippen molar-refractivity contribution in [3.8, 4) is 0 Å². The van der Waals surface area contributed by atoms with Gasteiger partial charge >= 0.3 is 0 Å². The van der Waals surface area contributed by atoms with Crippen molar-refractivity contribution in [2.24, 2.45) is 0 Å². The lowest BCUT2D eigenvalue weighted by Crippen LogP contribution is -2.22. The van der Waals surface area contributed by atoms with Crippen LogP contribution in [0.3, 0.4) is 0 Å². The van der Waals surface area contributed by atoms with Gasteiger partial charge in [0.2, 0.25) is 0 Å². The molecule has 1 aliphatic heterocycles. The second-order valence-electron chi connectivity index (χ2n) is 5.03. The number of aromatic nitrogens is 3. The Balaban J connectivity index is 1.99. The number of aliphatic hydroxyl groups excluding tert-OH is 2. The molecule has 0 radical (unpaired) electrons. The molecule has 2 N–H and O–H groups in total. The van der Waals surface area contributed by atoms with E-state index in [2.05, 4.69) is 9.97 Å². The molecule has 1 saturated heterocycles. The van der Waals surface area contributed by atoms with Gasteiger partial charge in [0.15, 0.2) is 6.23 Å². The van der Waals surface area contributed by atoms with Crippen molar-refractivity contribution in [1.29, 1.82) is 0 Å². The number of hydrogen-bond donors (Lipinski definition) is 2. The van der Waals surface area contributed by atoms with Crippen molar-refractivity contribution in [2.45, 2.75) is 44.8 Å². The van der Waals surface area contributed by atoms with E-state index in [0.29, 0.717) is 6.42 Å². The second-order valence-corrected chi connectivity index (χ2v) is 5.03. The topological polar surface area (TPSA) is 80.4 Å². The molecule has 3 rings (SSSR count).